The second kappa shape index (κ2) is 13.8. The molecule has 0 saturated carbocycles. The van der Waals surface area contributed by atoms with Gasteiger partial charge in [0.15, 0.2) is 0 Å². The number of rotatable bonds is 12. The van der Waals surface area contributed by atoms with Crippen LogP contribution in [0, 0.1) is 18.7 Å². The molecular weight excluding hydrogens is 569 g/mol. The fourth-order valence-corrected chi connectivity index (χ4v) is 5.68. The molecule has 0 radical (unpaired) electrons. The fraction of sp³-hybridized carbons (Fsp3) is 0.333. The lowest BCUT2D eigenvalue weighted by Crippen LogP contribution is -2.51. The Bertz CT molecular complexity index is 1480. The van der Waals surface area contributed by atoms with Gasteiger partial charge in [0, 0.05) is 18.7 Å². The number of hydrogen-bond donors (Lipinski definition) is 1. The molecule has 0 aromatic heterocycles. The first-order chi connectivity index (χ1) is 19.3. The Hall–Kier alpha value is -3.63. The van der Waals surface area contributed by atoms with Crippen molar-refractivity contribution in [2.75, 3.05) is 24.5 Å². The molecule has 3 aromatic carbocycles. The Kier molecular flexibility index (Phi) is 10.8. The monoisotopic (exact) mass is 603 g/mol. The summed E-state index contributed by atoms with van der Waals surface area (Å²) in [5.41, 5.74) is 1.16. The molecule has 3 rings (SSSR count). The van der Waals surface area contributed by atoms with E-state index in [9.17, 15) is 22.4 Å². The van der Waals surface area contributed by atoms with E-state index in [1.807, 2.05) is 20.8 Å². The number of ether oxygens (including phenoxy) is 1. The molecule has 0 unspecified atom stereocenters. The molecule has 0 heterocycles. The predicted octanol–water partition coefficient (Wildman–Crippen LogP) is 5.18. The number of carbonyl (C=O) groups excluding carboxylic acids is 2. The Morgan fingerprint density at radius 2 is 1.68 bits per heavy atom. The minimum atomic E-state index is -4.27. The Morgan fingerprint density at radius 3 is 2.27 bits per heavy atom. The zero-order valence-electron chi connectivity index (χ0n) is 23.7. The van der Waals surface area contributed by atoms with E-state index in [-0.39, 0.29) is 33.6 Å². The lowest BCUT2D eigenvalue weighted by Gasteiger charge is -2.32. The highest BCUT2D eigenvalue weighted by Gasteiger charge is 2.33. The fourth-order valence-electron chi connectivity index (χ4n) is 4.02. The molecule has 0 aliphatic carbocycles. The lowest BCUT2D eigenvalue weighted by molar-refractivity contribution is -0.139. The number of halogens is 2. The summed E-state index contributed by atoms with van der Waals surface area (Å²) < 4.78 is 48.6. The summed E-state index contributed by atoms with van der Waals surface area (Å²) in [6, 6.07) is 15.5. The highest BCUT2D eigenvalue weighted by atomic mass is 35.5. The van der Waals surface area contributed by atoms with Gasteiger partial charge in [-0.05, 0) is 56.2 Å². The van der Waals surface area contributed by atoms with Gasteiger partial charge in [0.25, 0.3) is 10.0 Å². The third-order valence-corrected chi connectivity index (χ3v) is 8.55. The van der Waals surface area contributed by atoms with Crippen LogP contribution in [0.2, 0.25) is 5.02 Å². The van der Waals surface area contributed by atoms with Gasteiger partial charge in [-0.25, -0.2) is 12.8 Å². The summed E-state index contributed by atoms with van der Waals surface area (Å²) in [6.45, 7) is 6.68. The van der Waals surface area contributed by atoms with Gasteiger partial charge in [0.1, 0.15) is 24.2 Å². The van der Waals surface area contributed by atoms with Crippen LogP contribution in [-0.4, -0.2) is 51.4 Å². The van der Waals surface area contributed by atoms with Crippen molar-refractivity contribution in [1.29, 1.82) is 0 Å². The van der Waals surface area contributed by atoms with E-state index in [1.54, 1.807) is 18.2 Å². The minimum absolute atomic E-state index is 0.0359. The number of anilines is 1. The normalized spacial score (nSPS) is 12.1. The summed E-state index contributed by atoms with van der Waals surface area (Å²) in [7, 11) is -2.84. The van der Waals surface area contributed by atoms with Crippen LogP contribution in [0.5, 0.6) is 5.75 Å². The average Bonchev–Trinajstić information content (AvgIpc) is 2.93. The van der Waals surface area contributed by atoms with E-state index >= 15 is 0 Å². The number of benzene rings is 3. The number of carbonyl (C=O) groups is 2. The Morgan fingerprint density at radius 1 is 1.02 bits per heavy atom. The number of nitrogens with zero attached hydrogens (tertiary/aromatic N) is 2. The molecule has 0 bridgehead atoms. The van der Waals surface area contributed by atoms with Crippen molar-refractivity contribution in [3.63, 3.8) is 0 Å². The molecule has 1 atom stereocenters. The predicted molar refractivity (Wildman–Crippen MR) is 158 cm³/mol. The lowest BCUT2D eigenvalue weighted by atomic mass is 10.1. The highest BCUT2D eigenvalue weighted by molar-refractivity contribution is 7.92. The van der Waals surface area contributed by atoms with Crippen LogP contribution in [0.3, 0.4) is 0 Å². The number of hydrogen-bond acceptors (Lipinski definition) is 5. The van der Waals surface area contributed by atoms with Gasteiger partial charge < -0.3 is 15.0 Å². The van der Waals surface area contributed by atoms with Crippen molar-refractivity contribution in [2.24, 2.45) is 5.92 Å². The average molecular weight is 604 g/mol. The smallest absolute Gasteiger partial charge is 0.264 e. The van der Waals surface area contributed by atoms with E-state index in [2.05, 4.69) is 5.32 Å². The van der Waals surface area contributed by atoms with Gasteiger partial charge in [-0.2, -0.15) is 0 Å². The van der Waals surface area contributed by atoms with E-state index in [4.69, 9.17) is 16.3 Å². The third-order valence-electron chi connectivity index (χ3n) is 6.46. The first-order valence-electron chi connectivity index (χ1n) is 13.1. The number of sulfonamides is 1. The minimum Gasteiger partial charge on any atom is -0.495 e. The Labute approximate surface area is 246 Å². The van der Waals surface area contributed by atoms with Crippen molar-refractivity contribution in [3.05, 3.63) is 88.7 Å². The van der Waals surface area contributed by atoms with Gasteiger partial charge in [-0.1, -0.05) is 61.3 Å². The largest absolute Gasteiger partial charge is 0.495 e. The Balaban J connectivity index is 2.06. The van der Waals surface area contributed by atoms with E-state index < -0.39 is 40.2 Å². The second-order valence-electron chi connectivity index (χ2n) is 10.1. The third kappa shape index (κ3) is 7.98. The van der Waals surface area contributed by atoms with Gasteiger partial charge in [0.2, 0.25) is 11.8 Å². The van der Waals surface area contributed by atoms with Crippen LogP contribution < -0.4 is 14.4 Å². The quantitative estimate of drug-likeness (QED) is 0.308. The van der Waals surface area contributed by atoms with Crippen LogP contribution >= 0.6 is 11.6 Å². The first kappa shape index (κ1) is 31.9. The summed E-state index contributed by atoms with van der Waals surface area (Å²) >= 11 is 6.33. The van der Waals surface area contributed by atoms with E-state index in [0.717, 1.165) is 9.87 Å². The van der Waals surface area contributed by atoms with Gasteiger partial charge in [-0.15, -0.1) is 0 Å². The molecule has 0 aliphatic rings. The zero-order valence-corrected chi connectivity index (χ0v) is 25.3. The highest BCUT2D eigenvalue weighted by Crippen LogP contribution is 2.32. The summed E-state index contributed by atoms with van der Waals surface area (Å²) in [5, 5.41) is 2.94. The zero-order chi connectivity index (χ0) is 30.3. The maximum atomic E-state index is 14.6. The molecule has 8 nitrogen and oxygen atoms in total. The molecule has 41 heavy (non-hydrogen) atoms. The summed E-state index contributed by atoms with van der Waals surface area (Å²) in [4.78, 5) is 28.1. The van der Waals surface area contributed by atoms with Crippen molar-refractivity contribution >= 4 is 39.1 Å². The molecule has 0 fully saturated rings. The molecular formula is C30H35ClFN3O5S. The second-order valence-corrected chi connectivity index (χ2v) is 12.3. The van der Waals surface area contributed by atoms with Crippen molar-refractivity contribution in [1.82, 2.24) is 10.2 Å². The van der Waals surface area contributed by atoms with Gasteiger partial charge in [-0.3, -0.25) is 13.9 Å². The summed E-state index contributed by atoms with van der Waals surface area (Å²) in [6.07, 6.45) is 0. The van der Waals surface area contributed by atoms with Crippen molar-refractivity contribution in [3.8, 4) is 5.75 Å². The topological polar surface area (TPSA) is 96.0 Å². The molecule has 3 aromatic rings. The standard InChI is InChI=1S/C30H35ClFN3O5S/c1-20(2)17-33-30(37)22(4)34(18-23-8-6-7-9-27(23)32)29(36)19-35(24-12-15-28(40-5)26(31)16-24)41(38,39)25-13-10-21(3)11-14-25/h6-16,20,22H,17-19H2,1-5H3,(H,33,37)/t22-/m0/s1. The van der Waals surface area contributed by atoms with E-state index in [1.165, 1.54) is 67.5 Å². The number of methoxy groups -OCH3 is 1. The maximum absolute atomic E-state index is 14.6. The van der Waals surface area contributed by atoms with Crippen LogP contribution in [-0.2, 0) is 26.2 Å². The number of nitrogens with one attached hydrogen (secondary N) is 1. The molecule has 1 N–H and O–H groups in total. The van der Waals surface area contributed by atoms with Crippen LogP contribution in [0.1, 0.15) is 31.9 Å². The number of aryl methyl sites for hydroxylation is 1. The van der Waals surface area contributed by atoms with Crippen molar-refractivity contribution < 1.29 is 27.1 Å². The molecule has 220 valence electrons. The number of amides is 2. The molecule has 11 heteroatoms. The van der Waals surface area contributed by atoms with E-state index in [0.29, 0.717) is 12.3 Å². The SMILES string of the molecule is COc1ccc(N(CC(=O)N(Cc2ccccc2F)[C@@H](C)C(=O)NCC(C)C)S(=O)(=O)c2ccc(C)cc2)cc1Cl. The van der Waals surface area contributed by atoms with Crippen LogP contribution in [0.4, 0.5) is 10.1 Å². The first-order valence-corrected chi connectivity index (χ1v) is 14.9. The van der Waals surface area contributed by atoms with Crippen LogP contribution in [0.25, 0.3) is 0 Å². The van der Waals surface area contributed by atoms with Crippen molar-refractivity contribution in [2.45, 2.75) is 45.2 Å². The maximum Gasteiger partial charge on any atom is 0.264 e. The van der Waals surface area contributed by atoms with Crippen LogP contribution in [0.15, 0.2) is 71.6 Å². The van der Waals surface area contributed by atoms with Gasteiger partial charge in [0.05, 0.1) is 22.7 Å². The molecule has 0 spiro atoms. The molecule has 2 amide bonds. The summed E-state index contributed by atoms with van der Waals surface area (Å²) in [5.74, 6) is -1.21. The molecule has 0 aliphatic heterocycles. The molecule has 0 saturated heterocycles. The van der Waals surface area contributed by atoms with Gasteiger partial charge >= 0.3 is 0 Å².